The Morgan fingerprint density at radius 2 is 1.95 bits per heavy atom. The number of hydrogen-bond donors (Lipinski definition) is 1. The summed E-state index contributed by atoms with van der Waals surface area (Å²) in [4.78, 5) is 13.4. The molecule has 0 saturated heterocycles. The van der Waals surface area contributed by atoms with Crippen molar-refractivity contribution in [3.8, 4) is 5.75 Å². The summed E-state index contributed by atoms with van der Waals surface area (Å²) < 4.78 is 5.12. The highest BCUT2D eigenvalue weighted by molar-refractivity contribution is 7.99. The van der Waals surface area contributed by atoms with Crippen molar-refractivity contribution in [1.82, 2.24) is 15.3 Å². The Bertz CT molecular complexity index is 641. The number of methoxy groups -OCH3 is 1. The maximum Gasteiger partial charge on any atom is 0.223 e. The summed E-state index contributed by atoms with van der Waals surface area (Å²) in [5.74, 6) is 1.53. The fourth-order valence-corrected chi connectivity index (χ4v) is 2.49. The molecule has 2 N–H and O–H groups in total. The van der Waals surface area contributed by atoms with Crippen molar-refractivity contribution in [2.45, 2.75) is 9.92 Å². The van der Waals surface area contributed by atoms with Crippen molar-refractivity contribution < 1.29 is 4.74 Å². The number of hydrogen-bond acceptors (Lipinski definition) is 6. The van der Waals surface area contributed by atoms with Gasteiger partial charge in [0.15, 0.2) is 5.82 Å². The van der Waals surface area contributed by atoms with Crippen LogP contribution in [0.3, 0.4) is 0 Å². The van der Waals surface area contributed by atoms with Crippen molar-refractivity contribution in [2.75, 3.05) is 12.8 Å². The van der Waals surface area contributed by atoms with Crippen LogP contribution in [0.4, 0.5) is 17.5 Å². The first kappa shape index (κ1) is 11.8. The van der Waals surface area contributed by atoms with E-state index < -0.39 is 0 Å². The number of nitrogens with two attached hydrogens (primary N) is 1. The fourth-order valence-electron chi connectivity index (χ4n) is 1.61. The predicted molar refractivity (Wildman–Crippen MR) is 73.5 cm³/mol. The van der Waals surface area contributed by atoms with Crippen LogP contribution in [0.1, 0.15) is 0 Å². The van der Waals surface area contributed by atoms with E-state index in [4.69, 9.17) is 10.5 Å². The highest BCUT2D eigenvalue weighted by Gasteiger charge is 2.18. The smallest absolute Gasteiger partial charge is 0.223 e. The van der Waals surface area contributed by atoms with Crippen LogP contribution in [0.5, 0.6) is 5.75 Å². The van der Waals surface area contributed by atoms with Crippen LogP contribution in [0.2, 0.25) is 0 Å². The molecular formula is C12H10N5OS. The molecule has 0 aliphatic carbocycles. The van der Waals surface area contributed by atoms with E-state index in [-0.39, 0.29) is 5.95 Å². The van der Waals surface area contributed by atoms with Gasteiger partial charge in [0.25, 0.3) is 0 Å². The highest BCUT2D eigenvalue weighted by atomic mass is 32.2. The van der Waals surface area contributed by atoms with Crippen LogP contribution in [0.25, 0.3) is 0 Å². The van der Waals surface area contributed by atoms with Gasteiger partial charge in [-0.1, -0.05) is 11.8 Å². The molecule has 6 nitrogen and oxygen atoms in total. The molecule has 2 aromatic rings. The number of nitrogens with zero attached hydrogens (tertiary/aromatic N) is 4. The summed E-state index contributed by atoms with van der Waals surface area (Å²) in [6.45, 7) is 0. The summed E-state index contributed by atoms with van der Waals surface area (Å²) in [6.07, 6.45) is 1.46. The highest BCUT2D eigenvalue weighted by Crippen LogP contribution is 2.39. The summed E-state index contributed by atoms with van der Waals surface area (Å²) >= 11 is 1.47. The molecular weight excluding hydrogens is 262 g/mol. The second kappa shape index (κ2) is 4.77. The molecule has 1 aromatic carbocycles. The van der Waals surface area contributed by atoms with Gasteiger partial charge < -0.3 is 10.5 Å². The topological polar surface area (TPSA) is 87.5 Å². The lowest BCUT2D eigenvalue weighted by atomic mass is 10.3. The lowest BCUT2D eigenvalue weighted by molar-refractivity contribution is 0.414. The summed E-state index contributed by atoms with van der Waals surface area (Å²) in [5.41, 5.74) is 6.32. The van der Waals surface area contributed by atoms with E-state index in [0.717, 1.165) is 10.6 Å². The molecule has 0 atom stereocenters. The molecule has 1 aliphatic heterocycles. The normalized spacial score (nSPS) is 12.1. The monoisotopic (exact) mass is 272 g/mol. The van der Waals surface area contributed by atoms with Gasteiger partial charge in [0.05, 0.1) is 7.11 Å². The molecule has 0 unspecified atom stereocenters. The second-order valence-electron chi connectivity index (χ2n) is 3.71. The van der Waals surface area contributed by atoms with Crippen LogP contribution in [-0.4, -0.2) is 23.4 Å². The van der Waals surface area contributed by atoms with E-state index >= 15 is 0 Å². The van der Waals surface area contributed by atoms with Crippen molar-refractivity contribution in [1.29, 1.82) is 0 Å². The van der Waals surface area contributed by atoms with Crippen LogP contribution in [0.15, 0.2) is 39.2 Å². The standard InChI is InChI=1S/C12H10N5OS/c1-18-7-2-4-8(5-3-7)19-11-9-10(15-6-14-9)16-12(13)17-11/h2-6H,1H3,(H2,13,16,17). The van der Waals surface area contributed by atoms with Gasteiger partial charge in [-0.3, -0.25) is 0 Å². The Labute approximate surface area is 114 Å². The average Bonchev–Trinajstić information content (AvgIpc) is 2.88. The average molecular weight is 272 g/mol. The Morgan fingerprint density at radius 3 is 2.68 bits per heavy atom. The molecule has 1 aliphatic rings. The number of fused-ring (bicyclic) bond motifs is 1. The lowest BCUT2D eigenvalue weighted by Crippen LogP contribution is -1.99. The molecule has 7 heteroatoms. The minimum Gasteiger partial charge on any atom is -0.497 e. The number of anilines is 1. The van der Waals surface area contributed by atoms with Crippen LogP contribution >= 0.6 is 11.8 Å². The maximum atomic E-state index is 5.66. The zero-order valence-corrected chi connectivity index (χ0v) is 10.9. The Morgan fingerprint density at radius 1 is 1.16 bits per heavy atom. The van der Waals surface area contributed by atoms with Gasteiger partial charge in [0.1, 0.15) is 22.8 Å². The Kier molecular flexibility index (Phi) is 2.96. The number of ether oxygens (including phenoxy) is 1. The Hall–Kier alpha value is -2.28. The molecule has 0 spiro atoms. The van der Waals surface area contributed by atoms with E-state index in [1.165, 1.54) is 18.1 Å². The van der Waals surface area contributed by atoms with E-state index in [0.29, 0.717) is 16.5 Å². The number of rotatable bonds is 3. The second-order valence-corrected chi connectivity index (χ2v) is 4.77. The van der Waals surface area contributed by atoms with Gasteiger partial charge in [0, 0.05) is 4.90 Å². The van der Waals surface area contributed by atoms with Crippen molar-refractivity contribution in [2.24, 2.45) is 4.99 Å². The van der Waals surface area contributed by atoms with E-state index in [1.807, 2.05) is 24.3 Å². The summed E-state index contributed by atoms with van der Waals surface area (Å²) in [5, 5.41) is 4.73. The van der Waals surface area contributed by atoms with E-state index in [9.17, 15) is 0 Å². The fraction of sp³-hybridized carbons (Fsp3) is 0.0833. The van der Waals surface area contributed by atoms with Crippen molar-refractivity contribution in [3.63, 3.8) is 0 Å². The van der Waals surface area contributed by atoms with Crippen LogP contribution in [0, 0.1) is 0 Å². The van der Waals surface area contributed by atoms with Crippen LogP contribution in [-0.2, 0) is 0 Å². The first-order chi connectivity index (χ1) is 9.26. The molecule has 1 radical (unpaired) electrons. The minimum absolute atomic E-state index is 0.198. The number of benzene rings is 1. The first-order valence-corrected chi connectivity index (χ1v) is 6.31. The zero-order chi connectivity index (χ0) is 13.2. The largest absolute Gasteiger partial charge is 0.497 e. The van der Waals surface area contributed by atoms with Gasteiger partial charge >= 0.3 is 0 Å². The van der Waals surface area contributed by atoms with Gasteiger partial charge in [0.2, 0.25) is 5.95 Å². The number of aromatic nitrogens is 2. The third-order valence-electron chi connectivity index (χ3n) is 2.49. The van der Waals surface area contributed by atoms with Gasteiger partial charge in [-0.2, -0.15) is 4.98 Å². The quantitative estimate of drug-likeness (QED) is 0.865. The third kappa shape index (κ3) is 2.32. The molecule has 0 amide bonds. The maximum absolute atomic E-state index is 5.66. The molecule has 2 heterocycles. The molecule has 19 heavy (non-hydrogen) atoms. The van der Waals surface area contributed by atoms with E-state index in [2.05, 4.69) is 20.3 Å². The third-order valence-corrected chi connectivity index (χ3v) is 3.48. The van der Waals surface area contributed by atoms with Gasteiger partial charge in [-0.25, -0.2) is 15.3 Å². The number of nitrogen functional groups attached to an aromatic ring is 1. The van der Waals surface area contributed by atoms with Crippen molar-refractivity contribution >= 4 is 35.6 Å². The van der Waals surface area contributed by atoms with Crippen LogP contribution < -0.4 is 15.8 Å². The summed E-state index contributed by atoms with van der Waals surface area (Å²) in [7, 11) is 1.64. The Balaban J connectivity index is 1.92. The molecule has 0 bridgehead atoms. The number of aliphatic imine (C=N–C) groups is 1. The molecule has 95 valence electrons. The van der Waals surface area contributed by atoms with E-state index in [1.54, 1.807) is 7.11 Å². The summed E-state index contributed by atoms with van der Waals surface area (Å²) in [6, 6.07) is 7.68. The minimum atomic E-state index is 0.198. The SMILES string of the molecule is COc1ccc(Sc2nc(N)nc3c2N=C[N]3)cc1. The molecule has 0 fully saturated rings. The first-order valence-electron chi connectivity index (χ1n) is 5.49. The molecule has 1 aromatic heterocycles. The molecule has 3 rings (SSSR count). The van der Waals surface area contributed by atoms with Crippen molar-refractivity contribution in [3.05, 3.63) is 24.3 Å². The predicted octanol–water partition coefficient (Wildman–Crippen LogP) is 2.13. The zero-order valence-electron chi connectivity index (χ0n) is 10.1. The van der Waals surface area contributed by atoms with Gasteiger partial charge in [-0.05, 0) is 24.3 Å². The molecule has 0 saturated carbocycles. The van der Waals surface area contributed by atoms with Gasteiger partial charge in [-0.15, -0.1) is 0 Å². The lowest BCUT2D eigenvalue weighted by Gasteiger charge is -2.06.